The molecule has 4 nitrogen and oxygen atoms in total. The van der Waals surface area contributed by atoms with Crippen molar-refractivity contribution in [2.75, 3.05) is 13.1 Å². The van der Waals surface area contributed by atoms with Crippen LogP contribution in [0.25, 0.3) is 0 Å². The summed E-state index contributed by atoms with van der Waals surface area (Å²) in [6.45, 7) is 1.75. The second-order valence-electron chi connectivity index (χ2n) is 3.64. The third-order valence-electron chi connectivity index (χ3n) is 2.30. The van der Waals surface area contributed by atoms with E-state index in [4.69, 9.17) is 5.73 Å². The van der Waals surface area contributed by atoms with Gasteiger partial charge in [-0.2, -0.15) is 0 Å². The minimum Gasteiger partial charge on any atom is -0.374 e. The van der Waals surface area contributed by atoms with Gasteiger partial charge in [-0.1, -0.05) is 6.42 Å². The lowest BCUT2D eigenvalue weighted by atomic mass is 10.2. The molecular weight excluding hydrogens is 178 g/mol. The summed E-state index contributed by atoms with van der Waals surface area (Å²) >= 11 is 0. The van der Waals surface area contributed by atoms with Crippen LogP contribution in [0.3, 0.4) is 0 Å². The molecule has 1 amide bonds. The van der Waals surface area contributed by atoms with Crippen LogP contribution in [0.5, 0.6) is 0 Å². The number of amides is 1. The van der Waals surface area contributed by atoms with Gasteiger partial charge in [0.1, 0.15) is 0 Å². The number of carbonyl (C=O) groups excluding carboxylic acids is 1. The Kier molecular flexibility index (Phi) is 5.04. The molecule has 0 aromatic carbocycles. The van der Waals surface area contributed by atoms with Crippen LogP contribution in [0.2, 0.25) is 0 Å². The Labute approximate surface area is 85.0 Å². The Hall–Kier alpha value is -1.06. The molecule has 14 heavy (non-hydrogen) atoms. The predicted octanol–water partition coefficient (Wildman–Crippen LogP) is 0.814. The van der Waals surface area contributed by atoms with E-state index in [2.05, 4.69) is 10.3 Å². The summed E-state index contributed by atoms with van der Waals surface area (Å²) in [6.07, 6.45) is 6.01. The highest BCUT2D eigenvalue weighted by atomic mass is 16.1. The van der Waals surface area contributed by atoms with Crippen LogP contribution in [0.4, 0.5) is 0 Å². The maximum absolute atomic E-state index is 10.5. The zero-order valence-corrected chi connectivity index (χ0v) is 8.59. The van der Waals surface area contributed by atoms with E-state index in [-0.39, 0.29) is 5.91 Å². The molecule has 4 heteroatoms. The van der Waals surface area contributed by atoms with Gasteiger partial charge in [0.15, 0.2) is 0 Å². The number of nitrogens with zero attached hydrogens (tertiary/aromatic N) is 1. The monoisotopic (exact) mass is 197 g/mol. The van der Waals surface area contributed by atoms with E-state index in [9.17, 15) is 4.79 Å². The largest absolute Gasteiger partial charge is 0.374 e. The number of carbonyl (C=O) groups is 1. The number of nitrogens with two attached hydrogens (primary N) is 1. The van der Waals surface area contributed by atoms with Crippen LogP contribution in [0.15, 0.2) is 4.99 Å². The number of rotatable bonds is 4. The molecule has 0 aromatic rings. The molecule has 0 unspecified atom stereocenters. The minimum absolute atomic E-state index is 0.227. The lowest BCUT2D eigenvalue weighted by Crippen LogP contribution is -2.25. The first-order valence-electron chi connectivity index (χ1n) is 5.34. The first-order chi connectivity index (χ1) is 6.79. The molecular formula is C10H19N3O. The van der Waals surface area contributed by atoms with Gasteiger partial charge in [-0.25, -0.2) is 0 Å². The fourth-order valence-electron chi connectivity index (χ4n) is 1.51. The van der Waals surface area contributed by atoms with Crippen LogP contribution in [0, 0.1) is 0 Å². The van der Waals surface area contributed by atoms with Crippen LogP contribution in [0.1, 0.15) is 38.5 Å². The Bertz CT molecular complexity index is 213. The Balaban J connectivity index is 2.10. The van der Waals surface area contributed by atoms with Gasteiger partial charge in [-0.3, -0.25) is 9.79 Å². The van der Waals surface area contributed by atoms with Crippen LogP contribution in [-0.4, -0.2) is 24.8 Å². The quantitative estimate of drug-likeness (QED) is 0.655. The molecule has 0 aromatic heterocycles. The number of hydrogen-bond acceptors (Lipinski definition) is 3. The van der Waals surface area contributed by atoms with Crippen molar-refractivity contribution in [1.29, 1.82) is 0 Å². The summed E-state index contributed by atoms with van der Waals surface area (Å²) in [6, 6.07) is 0. The van der Waals surface area contributed by atoms with Crippen molar-refractivity contribution in [2.24, 2.45) is 10.7 Å². The van der Waals surface area contributed by atoms with Crippen molar-refractivity contribution in [3.8, 4) is 0 Å². The van der Waals surface area contributed by atoms with Crippen molar-refractivity contribution in [3.63, 3.8) is 0 Å². The molecule has 0 atom stereocenters. The number of primary amides is 1. The zero-order chi connectivity index (χ0) is 10.2. The highest BCUT2D eigenvalue weighted by Gasteiger charge is 2.03. The number of nitrogens with one attached hydrogen (secondary N) is 1. The van der Waals surface area contributed by atoms with E-state index in [1.54, 1.807) is 0 Å². The summed E-state index contributed by atoms with van der Waals surface area (Å²) in [4.78, 5) is 14.9. The lowest BCUT2D eigenvalue weighted by molar-refractivity contribution is -0.118. The first kappa shape index (κ1) is 11.0. The molecule has 0 spiro atoms. The van der Waals surface area contributed by atoms with Crippen LogP contribution < -0.4 is 11.1 Å². The van der Waals surface area contributed by atoms with E-state index in [1.165, 1.54) is 19.3 Å². The smallest absolute Gasteiger partial charge is 0.217 e. The molecule has 3 N–H and O–H groups in total. The SMILES string of the molecule is NC(=O)CCCNC1=NCCCCC1. The fourth-order valence-corrected chi connectivity index (χ4v) is 1.51. The van der Waals surface area contributed by atoms with Crippen molar-refractivity contribution in [1.82, 2.24) is 5.32 Å². The van der Waals surface area contributed by atoms with Crippen molar-refractivity contribution < 1.29 is 4.79 Å². The standard InChI is InChI=1S/C10H19N3O/c11-9(14)5-4-8-13-10-6-2-1-3-7-12-10/h1-8H2,(H2,11,14)(H,12,13). The summed E-state index contributed by atoms with van der Waals surface area (Å²) in [5.74, 6) is 0.876. The van der Waals surface area contributed by atoms with Crippen molar-refractivity contribution in [3.05, 3.63) is 0 Å². The van der Waals surface area contributed by atoms with Crippen molar-refractivity contribution in [2.45, 2.75) is 38.5 Å². The van der Waals surface area contributed by atoms with Gasteiger partial charge in [0.25, 0.3) is 0 Å². The third kappa shape index (κ3) is 4.84. The fraction of sp³-hybridized carbons (Fsp3) is 0.800. The van der Waals surface area contributed by atoms with Crippen LogP contribution >= 0.6 is 0 Å². The summed E-state index contributed by atoms with van der Waals surface area (Å²) in [7, 11) is 0. The summed E-state index contributed by atoms with van der Waals surface area (Å²) in [5, 5.41) is 3.26. The second-order valence-corrected chi connectivity index (χ2v) is 3.64. The predicted molar refractivity (Wildman–Crippen MR) is 57.2 cm³/mol. The Morgan fingerprint density at radius 1 is 1.43 bits per heavy atom. The van der Waals surface area contributed by atoms with Gasteiger partial charge >= 0.3 is 0 Å². The number of hydrogen-bond donors (Lipinski definition) is 2. The third-order valence-corrected chi connectivity index (χ3v) is 2.30. The molecule has 80 valence electrons. The summed E-state index contributed by atoms with van der Waals surface area (Å²) < 4.78 is 0. The van der Waals surface area contributed by atoms with Gasteiger partial charge < -0.3 is 11.1 Å². The maximum atomic E-state index is 10.5. The molecule has 0 radical (unpaired) electrons. The van der Waals surface area contributed by atoms with E-state index in [1.807, 2.05) is 0 Å². The molecule has 1 aliphatic rings. The molecule has 0 fully saturated rings. The Morgan fingerprint density at radius 2 is 2.29 bits per heavy atom. The minimum atomic E-state index is -0.227. The average molecular weight is 197 g/mol. The normalized spacial score (nSPS) is 17.0. The van der Waals surface area contributed by atoms with Gasteiger partial charge in [0, 0.05) is 25.9 Å². The molecule has 0 saturated heterocycles. The van der Waals surface area contributed by atoms with E-state index in [0.29, 0.717) is 6.42 Å². The molecule has 0 saturated carbocycles. The lowest BCUT2D eigenvalue weighted by Gasteiger charge is -2.06. The van der Waals surface area contributed by atoms with Gasteiger partial charge in [0.05, 0.1) is 5.84 Å². The molecule has 1 aliphatic heterocycles. The average Bonchev–Trinajstić information content (AvgIpc) is 2.40. The summed E-state index contributed by atoms with van der Waals surface area (Å²) in [5.41, 5.74) is 5.04. The number of aliphatic imine (C=N–C) groups is 1. The van der Waals surface area contributed by atoms with E-state index >= 15 is 0 Å². The zero-order valence-electron chi connectivity index (χ0n) is 8.59. The molecule has 0 aliphatic carbocycles. The molecule has 1 heterocycles. The van der Waals surface area contributed by atoms with Crippen LogP contribution in [-0.2, 0) is 4.79 Å². The van der Waals surface area contributed by atoms with Gasteiger partial charge in [-0.05, 0) is 19.3 Å². The van der Waals surface area contributed by atoms with E-state index in [0.717, 1.165) is 31.8 Å². The second kappa shape index (κ2) is 6.40. The Morgan fingerprint density at radius 3 is 3.07 bits per heavy atom. The highest BCUT2D eigenvalue weighted by Crippen LogP contribution is 2.05. The maximum Gasteiger partial charge on any atom is 0.217 e. The van der Waals surface area contributed by atoms with E-state index < -0.39 is 0 Å². The number of amidine groups is 1. The van der Waals surface area contributed by atoms with Gasteiger partial charge in [-0.15, -0.1) is 0 Å². The van der Waals surface area contributed by atoms with Gasteiger partial charge in [0.2, 0.25) is 5.91 Å². The first-order valence-corrected chi connectivity index (χ1v) is 5.34. The molecule has 0 bridgehead atoms. The topological polar surface area (TPSA) is 67.5 Å². The molecule has 1 rings (SSSR count). The highest BCUT2D eigenvalue weighted by molar-refractivity contribution is 5.82. The van der Waals surface area contributed by atoms with Crippen molar-refractivity contribution >= 4 is 11.7 Å².